The van der Waals surface area contributed by atoms with Crippen LogP contribution in [-0.4, -0.2) is 22.3 Å². The summed E-state index contributed by atoms with van der Waals surface area (Å²) < 4.78 is 7.07. The average Bonchev–Trinajstić information content (AvgIpc) is 3.05. The summed E-state index contributed by atoms with van der Waals surface area (Å²) in [7, 11) is 0. The van der Waals surface area contributed by atoms with Gasteiger partial charge in [0.05, 0.1) is 13.2 Å². The van der Waals surface area contributed by atoms with E-state index in [1.54, 1.807) is 53.3 Å². The lowest BCUT2D eigenvalue weighted by atomic mass is 10.2. The number of anilines is 1. The fourth-order valence-electron chi connectivity index (χ4n) is 2.40. The van der Waals surface area contributed by atoms with Gasteiger partial charge in [-0.05, 0) is 48.9 Å². The van der Waals surface area contributed by atoms with Crippen LogP contribution in [0.4, 0.5) is 5.82 Å². The average molecular weight is 390 g/mol. The molecule has 2 aromatic carbocycles. The van der Waals surface area contributed by atoms with Gasteiger partial charge in [-0.3, -0.25) is 9.48 Å². The van der Waals surface area contributed by atoms with E-state index in [0.717, 1.165) is 11.3 Å². The third-order valence-corrected chi connectivity index (χ3v) is 4.24. The molecule has 134 valence electrons. The van der Waals surface area contributed by atoms with Gasteiger partial charge in [-0.25, -0.2) is 0 Å². The Labute approximate surface area is 161 Å². The number of rotatable bonds is 6. The zero-order valence-corrected chi connectivity index (χ0v) is 15.6. The minimum atomic E-state index is -0.233. The van der Waals surface area contributed by atoms with E-state index in [4.69, 9.17) is 27.9 Å². The summed E-state index contributed by atoms with van der Waals surface area (Å²) in [6.45, 7) is 2.98. The Balaban J connectivity index is 1.65. The van der Waals surface area contributed by atoms with Crippen molar-refractivity contribution in [3.05, 3.63) is 75.9 Å². The van der Waals surface area contributed by atoms with E-state index in [9.17, 15) is 4.79 Å². The highest BCUT2D eigenvalue weighted by Crippen LogP contribution is 2.22. The molecule has 0 aliphatic carbocycles. The molecular formula is C19H17Cl2N3O2. The Morgan fingerprint density at radius 3 is 2.62 bits per heavy atom. The molecule has 0 aliphatic rings. The van der Waals surface area contributed by atoms with Gasteiger partial charge in [0, 0.05) is 27.9 Å². The second-order valence-electron chi connectivity index (χ2n) is 5.55. The number of amides is 1. The number of hydrogen-bond donors (Lipinski definition) is 1. The van der Waals surface area contributed by atoms with Crippen LogP contribution in [0.15, 0.2) is 54.7 Å². The summed E-state index contributed by atoms with van der Waals surface area (Å²) in [4.78, 5) is 12.3. The van der Waals surface area contributed by atoms with Gasteiger partial charge in [-0.2, -0.15) is 5.10 Å². The lowest BCUT2D eigenvalue weighted by molar-refractivity contribution is 0.102. The SMILES string of the molecule is CCOc1ccc(C(=O)Nc2ccn(Cc3ccc(Cl)cc3Cl)n2)cc1. The van der Waals surface area contributed by atoms with Crippen LogP contribution >= 0.6 is 23.2 Å². The van der Waals surface area contributed by atoms with Gasteiger partial charge in [-0.1, -0.05) is 29.3 Å². The number of benzene rings is 2. The lowest BCUT2D eigenvalue weighted by Crippen LogP contribution is -2.13. The number of nitrogens with one attached hydrogen (secondary N) is 1. The van der Waals surface area contributed by atoms with E-state index in [1.807, 2.05) is 13.0 Å². The minimum absolute atomic E-state index is 0.233. The molecule has 0 radical (unpaired) electrons. The molecule has 5 nitrogen and oxygen atoms in total. The first-order valence-corrected chi connectivity index (χ1v) is 8.82. The van der Waals surface area contributed by atoms with Crippen LogP contribution in [0.25, 0.3) is 0 Å². The van der Waals surface area contributed by atoms with Gasteiger partial charge in [0.15, 0.2) is 5.82 Å². The largest absolute Gasteiger partial charge is 0.494 e. The van der Waals surface area contributed by atoms with Crippen LogP contribution < -0.4 is 10.1 Å². The molecule has 26 heavy (non-hydrogen) atoms. The predicted octanol–water partition coefficient (Wildman–Crippen LogP) is 4.89. The van der Waals surface area contributed by atoms with Crippen LogP contribution in [0.2, 0.25) is 10.0 Å². The number of halogens is 2. The Hall–Kier alpha value is -2.50. The van der Waals surface area contributed by atoms with Crippen LogP contribution in [-0.2, 0) is 6.54 Å². The highest BCUT2D eigenvalue weighted by atomic mass is 35.5. The van der Waals surface area contributed by atoms with Crippen molar-refractivity contribution >= 4 is 34.9 Å². The van der Waals surface area contributed by atoms with Gasteiger partial charge in [0.2, 0.25) is 0 Å². The first-order valence-electron chi connectivity index (χ1n) is 8.06. The number of aromatic nitrogens is 2. The summed E-state index contributed by atoms with van der Waals surface area (Å²) in [5, 5.41) is 8.29. The predicted molar refractivity (Wildman–Crippen MR) is 103 cm³/mol. The van der Waals surface area contributed by atoms with Crippen molar-refractivity contribution in [2.75, 3.05) is 11.9 Å². The summed E-state index contributed by atoms with van der Waals surface area (Å²) in [5.74, 6) is 0.963. The van der Waals surface area contributed by atoms with Crippen LogP contribution in [0.3, 0.4) is 0 Å². The molecule has 0 bridgehead atoms. The third kappa shape index (κ3) is 4.56. The molecule has 1 N–H and O–H groups in total. The van der Waals surface area contributed by atoms with E-state index in [0.29, 0.717) is 34.6 Å². The zero-order valence-electron chi connectivity index (χ0n) is 14.1. The molecule has 0 saturated heterocycles. The Morgan fingerprint density at radius 1 is 1.15 bits per heavy atom. The van der Waals surface area contributed by atoms with Gasteiger partial charge < -0.3 is 10.1 Å². The van der Waals surface area contributed by atoms with Crippen LogP contribution in [0.1, 0.15) is 22.8 Å². The van der Waals surface area contributed by atoms with E-state index in [2.05, 4.69) is 10.4 Å². The second-order valence-corrected chi connectivity index (χ2v) is 6.39. The molecule has 1 heterocycles. The second kappa shape index (κ2) is 8.25. The first kappa shape index (κ1) is 18.3. The smallest absolute Gasteiger partial charge is 0.256 e. The topological polar surface area (TPSA) is 56.1 Å². The Bertz CT molecular complexity index is 907. The normalized spacial score (nSPS) is 10.6. The minimum Gasteiger partial charge on any atom is -0.494 e. The number of ether oxygens (including phenoxy) is 1. The lowest BCUT2D eigenvalue weighted by Gasteiger charge is -2.06. The molecule has 3 rings (SSSR count). The van der Waals surface area contributed by atoms with Gasteiger partial charge >= 0.3 is 0 Å². The number of hydrogen-bond acceptors (Lipinski definition) is 3. The molecule has 3 aromatic rings. The van der Waals surface area contributed by atoms with Crippen molar-refractivity contribution < 1.29 is 9.53 Å². The van der Waals surface area contributed by atoms with E-state index < -0.39 is 0 Å². The summed E-state index contributed by atoms with van der Waals surface area (Å²) in [6, 6.07) is 14.0. The van der Waals surface area contributed by atoms with Crippen molar-refractivity contribution in [1.82, 2.24) is 9.78 Å². The van der Waals surface area contributed by atoms with Crippen molar-refractivity contribution in [3.63, 3.8) is 0 Å². The van der Waals surface area contributed by atoms with Crippen molar-refractivity contribution in [2.45, 2.75) is 13.5 Å². The molecule has 7 heteroatoms. The molecular weight excluding hydrogens is 373 g/mol. The standard InChI is InChI=1S/C19H17Cl2N3O2/c1-2-26-16-7-4-13(5-8-16)19(25)22-18-9-10-24(23-18)12-14-3-6-15(20)11-17(14)21/h3-11H,2,12H2,1H3,(H,22,23,25). The molecule has 0 saturated carbocycles. The summed E-state index contributed by atoms with van der Waals surface area (Å²) >= 11 is 12.1. The molecule has 0 fully saturated rings. The fraction of sp³-hybridized carbons (Fsp3) is 0.158. The van der Waals surface area contributed by atoms with Crippen molar-refractivity contribution in [2.24, 2.45) is 0 Å². The Morgan fingerprint density at radius 2 is 1.92 bits per heavy atom. The third-order valence-electron chi connectivity index (χ3n) is 3.66. The molecule has 1 aromatic heterocycles. The van der Waals surface area contributed by atoms with Gasteiger partial charge in [-0.15, -0.1) is 0 Å². The quantitative estimate of drug-likeness (QED) is 0.652. The molecule has 0 atom stereocenters. The highest BCUT2D eigenvalue weighted by molar-refractivity contribution is 6.35. The molecule has 0 aliphatic heterocycles. The maximum atomic E-state index is 12.3. The summed E-state index contributed by atoms with van der Waals surface area (Å²) in [5.41, 5.74) is 1.42. The van der Waals surface area contributed by atoms with Crippen LogP contribution in [0, 0.1) is 0 Å². The molecule has 0 unspecified atom stereocenters. The van der Waals surface area contributed by atoms with Gasteiger partial charge in [0.1, 0.15) is 5.75 Å². The molecule has 0 spiro atoms. The van der Waals surface area contributed by atoms with Crippen molar-refractivity contribution in [1.29, 1.82) is 0 Å². The number of carbonyl (C=O) groups excluding carboxylic acids is 1. The van der Waals surface area contributed by atoms with Gasteiger partial charge in [0.25, 0.3) is 5.91 Å². The zero-order chi connectivity index (χ0) is 18.5. The fourth-order valence-corrected chi connectivity index (χ4v) is 2.87. The van der Waals surface area contributed by atoms with Crippen molar-refractivity contribution in [3.8, 4) is 5.75 Å². The van der Waals surface area contributed by atoms with E-state index in [-0.39, 0.29) is 5.91 Å². The maximum Gasteiger partial charge on any atom is 0.256 e. The maximum absolute atomic E-state index is 12.3. The Kier molecular flexibility index (Phi) is 5.81. The number of nitrogens with zero attached hydrogens (tertiary/aromatic N) is 2. The first-order chi connectivity index (χ1) is 12.5. The van der Waals surface area contributed by atoms with E-state index in [1.165, 1.54) is 0 Å². The highest BCUT2D eigenvalue weighted by Gasteiger charge is 2.09. The molecule has 1 amide bonds. The monoisotopic (exact) mass is 389 g/mol. The number of carbonyl (C=O) groups is 1. The van der Waals surface area contributed by atoms with E-state index >= 15 is 0 Å². The summed E-state index contributed by atoms with van der Waals surface area (Å²) in [6.07, 6.45) is 1.78. The van der Waals surface area contributed by atoms with Crippen LogP contribution in [0.5, 0.6) is 5.75 Å².